The van der Waals surface area contributed by atoms with Crippen molar-refractivity contribution in [3.63, 3.8) is 0 Å². The maximum Gasteiger partial charge on any atom is 0.228 e. The van der Waals surface area contributed by atoms with Crippen LogP contribution in [0.4, 0.5) is 5.69 Å². The van der Waals surface area contributed by atoms with E-state index in [1.807, 2.05) is 24.3 Å². The molecule has 1 aromatic carbocycles. The Hall–Kier alpha value is -2.70. The van der Waals surface area contributed by atoms with E-state index in [4.69, 9.17) is 0 Å². The normalized spacial score (nSPS) is 16.7. The van der Waals surface area contributed by atoms with E-state index in [1.165, 1.54) is 6.33 Å². The molecule has 1 aliphatic rings. The number of hydrogen-bond donors (Lipinski definition) is 2. The second-order valence-corrected chi connectivity index (χ2v) is 5.20. The Morgan fingerprint density at radius 3 is 3.09 bits per heavy atom. The van der Waals surface area contributed by atoms with Crippen molar-refractivity contribution in [3.05, 3.63) is 42.5 Å². The quantitative estimate of drug-likeness (QED) is 0.803. The first-order valence-electron chi connectivity index (χ1n) is 7.23. The van der Waals surface area contributed by atoms with E-state index >= 15 is 0 Å². The number of aromatic nitrogens is 3. The van der Waals surface area contributed by atoms with Crippen LogP contribution in [0.3, 0.4) is 0 Å². The van der Waals surface area contributed by atoms with Crippen LogP contribution >= 0.6 is 0 Å². The molecule has 0 bridgehead atoms. The number of benzene rings is 1. The molecule has 0 radical (unpaired) electrons. The molecule has 3 rings (SSSR count). The summed E-state index contributed by atoms with van der Waals surface area (Å²) in [6.07, 6.45) is 4.07. The number of nitrogens with zero attached hydrogens (tertiary/aromatic N) is 3. The van der Waals surface area contributed by atoms with E-state index < -0.39 is 5.92 Å². The van der Waals surface area contributed by atoms with Crippen molar-refractivity contribution >= 4 is 17.5 Å². The summed E-state index contributed by atoms with van der Waals surface area (Å²) in [6.45, 7) is 1.24. The van der Waals surface area contributed by atoms with E-state index in [2.05, 4.69) is 20.7 Å². The lowest BCUT2D eigenvalue weighted by molar-refractivity contribution is -0.126. The average molecular weight is 299 g/mol. The lowest BCUT2D eigenvalue weighted by Gasteiger charge is -2.24. The summed E-state index contributed by atoms with van der Waals surface area (Å²) >= 11 is 0. The monoisotopic (exact) mass is 299 g/mol. The predicted molar refractivity (Wildman–Crippen MR) is 80.1 cm³/mol. The third-order valence-electron chi connectivity index (χ3n) is 3.65. The van der Waals surface area contributed by atoms with Gasteiger partial charge in [-0.05, 0) is 18.1 Å². The highest BCUT2D eigenvalue weighted by Crippen LogP contribution is 2.31. The van der Waals surface area contributed by atoms with Gasteiger partial charge in [0.2, 0.25) is 11.8 Å². The molecule has 7 nitrogen and oxygen atoms in total. The van der Waals surface area contributed by atoms with Crippen LogP contribution in [-0.2, 0) is 16.1 Å². The van der Waals surface area contributed by atoms with Crippen molar-refractivity contribution in [2.45, 2.75) is 25.3 Å². The number of anilines is 1. The number of nitrogens with one attached hydrogen (secondary N) is 2. The van der Waals surface area contributed by atoms with Crippen molar-refractivity contribution in [2.24, 2.45) is 0 Å². The third kappa shape index (κ3) is 3.13. The number of hydrogen-bond acceptors (Lipinski definition) is 4. The van der Waals surface area contributed by atoms with Gasteiger partial charge in [0.05, 0.1) is 5.92 Å². The van der Waals surface area contributed by atoms with Crippen molar-refractivity contribution in [2.75, 3.05) is 11.9 Å². The first kappa shape index (κ1) is 14.2. The molecule has 2 amide bonds. The molecule has 7 heteroatoms. The van der Waals surface area contributed by atoms with Crippen LogP contribution in [0.25, 0.3) is 0 Å². The minimum absolute atomic E-state index is 0.110. The number of fused-ring (bicyclic) bond motifs is 1. The number of amides is 2. The number of aryl methyl sites for hydroxylation is 1. The minimum atomic E-state index is -0.420. The summed E-state index contributed by atoms with van der Waals surface area (Å²) in [7, 11) is 0. The Labute approximate surface area is 127 Å². The SMILES string of the molecule is O=C1CC(C(=O)NCCCn2cncn2)c2ccccc2N1. The summed E-state index contributed by atoms with van der Waals surface area (Å²) in [4.78, 5) is 27.9. The molecule has 1 aliphatic heterocycles. The van der Waals surface area contributed by atoms with Crippen LogP contribution < -0.4 is 10.6 Å². The summed E-state index contributed by atoms with van der Waals surface area (Å²) in [5.41, 5.74) is 1.59. The number of rotatable bonds is 5. The third-order valence-corrected chi connectivity index (χ3v) is 3.65. The number of para-hydroxylation sites is 1. The number of carbonyl (C=O) groups excluding carboxylic acids is 2. The van der Waals surface area contributed by atoms with Gasteiger partial charge in [-0.15, -0.1) is 0 Å². The Bertz CT molecular complexity index is 668. The Morgan fingerprint density at radius 1 is 1.41 bits per heavy atom. The fourth-order valence-corrected chi connectivity index (χ4v) is 2.57. The van der Waals surface area contributed by atoms with Crippen LogP contribution in [0, 0.1) is 0 Å². The van der Waals surface area contributed by atoms with Gasteiger partial charge in [0.15, 0.2) is 0 Å². The second kappa shape index (κ2) is 6.38. The fraction of sp³-hybridized carbons (Fsp3) is 0.333. The zero-order valence-electron chi connectivity index (χ0n) is 12.0. The van der Waals surface area contributed by atoms with Gasteiger partial charge in [0, 0.05) is 25.2 Å². The molecule has 114 valence electrons. The molecule has 1 aromatic heterocycles. The highest BCUT2D eigenvalue weighted by Gasteiger charge is 2.29. The Kier molecular flexibility index (Phi) is 4.13. The van der Waals surface area contributed by atoms with Crippen molar-refractivity contribution in [3.8, 4) is 0 Å². The smallest absolute Gasteiger partial charge is 0.228 e. The molecule has 0 saturated heterocycles. The lowest BCUT2D eigenvalue weighted by atomic mass is 9.90. The molecular formula is C15H17N5O2. The van der Waals surface area contributed by atoms with Crippen molar-refractivity contribution in [1.82, 2.24) is 20.1 Å². The van der Waals surface area contributed by atoms with Gasteiger partial charge < -0.3 is 10.6 Å². The zero-order chi connectivity index (χ0) is 15.4. The van der Waals surface area contributed by atoms with E-state index in [9.17, 15) is 9.59 Å². The van der Waals surface area contributed by atoms with Crippen LogP contribution in [0.1, 0.15) is 24.3 Å². The lowest BCUT2D eigenvalue weighted by Crippen LogP contribution is -2.35. The molecule has 22 heavy (non-hydrogen) atoms. The topological polar surface area (TPSA) is 88.9 Å². The molecule has 2 N–H and O–H groups in total. The molecule has 1 unspecified atom stereocenters. The molecule has 1 atom stereocenters. The minimum Gasteiger partial charge on any atom is -0.355 e. The highest BCUT2D eigenvalue weighted by atomic mass is 16.2. The molecule has 2 heterocycles. The maximum atomic E-state index is 12.3. The predicted octanol–water partition coefficient (Wildman–Crippen LogP) is 0.910. The first-order chi connectivity index (χ1) is 10.7. The van der Waals surface area contributed by atoms with Gasteiger partial charge in [0.1, 0.15) is 12.7 Å². The van der Waals surface area contributed by atoms with E-state index in [1.54, 1.807) is 11.0 Å². The van der Waals surface area contributed by atoms with Crippen LogP contribution in [-0.4, -0.2) is 33.1 Å². The van der Waals surface area contributed by atoms with Crippen LogP contribution in [0.5, 0.6) is 0 Å². The zero-order valence-corrected chi connectivity index (χ0v) is 12.0. The standard InChI is InChI=1S/C15H17N5O2/c21-14-8-12(11-4-1-2-5-13(11)19-14)15(22)17-6-3-7-20-10-16-9-18-20/h1-2,4-5,9-10,12H,3,6-8H2,(H,17,22)(H,19,21). The largest absolute Gasteiger partial charge is 0.355 e. The van der Waals surface area contributed by atoms with E-state index in [-0.39, 0.29) is 18.2 Å². The van der Waals surface area contributed by atoms with Crippen molar-refractivity contribution in [1.29, 1.82) is 0 Å². The summed E-state index contributed by atoms with van der Waals surface area (Å²) < 4.78 is 1.72. The van der Waals surface area contributed by atoms with Gasteiger partial charge in [0.25, 0.3) is 0 Å². The van der Waals surface area contributed by atoms with Crippen LogP contribution in [0.15, 0.2) is 36.9 Å². The van der Waals surface area contributed by atoms with E-state index in [0.29, 0.717) is 13.1 Å². The van der Waals surface area contributed by atoms with Gasteiger partial charge in [-0.25, -0.2) is 4.98 Å². The van der Waals surface area contributed by atoms with Crippen LogP contribution in [0.2, 0.25) is 0 Å². The summed E-state index contributed by atoms with van der Waals surface area (Å²) in [5.74, 6) is -0.654. The Morgan fingerprint density at radius 2 is 2.27 bits per heavy atom. The van der Waals surface area contributed by atoms with Gasteiger partial charge in [-0.3, -0.25) is 14.3 Å². The van der Waals surface area contributed by atoms with Gasteiger partial charge in [-0.1, -0.05) is 18.2 Å². The molecule has 2 aromatic rings. The molecule has 0 spiro atoms. The fourth-order valence-electron chi connectivity index (χ4n) is 2.57. The molecule has 0 fully saturated rings. The van der Waals surface area contributed by atoms with E-state index in [0.717, 1.165) is 17.7 Å². The maximum absolute atomic E-state index is 12.3. The highest BCUT2D eigenvalue weighted by molar-refractivity contribution is 6.01. The first-order valence-corrected chi connectivity index (χ1v) is 7.23. The summed E-state index contributed by atoms with van der Waals surface area (Å²) in [5, 5.41) is 9.69. The average Bonchev–Trinajstić information content (AvgIpc) is 3.04. The van der Waals surface area contributed by atoms with Crippen molar-refractivity contribution < 1.29 is 9.59 Å². The number of carbonyl (C=O) groups is 2. The van der Waals surface area contributed by atoms with Gasteiger partial charge in [-0.2, -0.15) is 5.10 Å². The summed E-state index contributed by atoms with van der Waals surface area (Å²) in [6, 6.07) is 7.42. The molecule has 0 saturated carbocycles. The molecular weight excluding hydrogens is 282 g/mol. The van der Waals surface area contributed by atoms with Gasteiger partial charge >= 0.3 is 0 Å². The Balaban J connectivity index is 1.57. The molecule has 0 aliphatic carbocycles. The second-order valence-electron chi connectivity index (χ2n) is 5.20.